The zero-order valence-corrected chi connectivity index (χ0v) is 10.0. The molecule has 0 saturated heterocycles. The van der Waals surface area contributed by atoms with E-state index >= 15 is 0 Å². The number of nitrogens with zero attached hydrogens (tertiary/aromatic N) is 1. The van der Waals surface area contributed by atoms with Gasteiger partial charge in [0.05, 0.1) is 5.36 Å². The molecule has 84 valence electrons. The van der Waals surface area contributed by atoms with Crippen LogP contribution in [0.1, 0.15) is 0 Å². The van der Waals surface area contributed by atoms with E-state index in [9.17, 15) is 0 Å². The first-order valence-corrected chi connectivity index (χ1v) is 5.34. The molecule has 0 atom stereocenters. The summed E-state index contributed by atoms with van der Waals surface area (Å²) in [5, 5.41) is 4.55. The Bertz CT molecular complexity index is 626. The van der Waals surface area contributed by atoms with Crippen LogP contribution in [0.15, 0.2) is 53.5 Å². The summed E-state index contributed by atoms with van der Waals surface area (Å²) in [6, 6.07) is 16.4. The maximum atomic E-state index is 4.51. The van der Waals surface area contributed by atoms with Crippen LogP contribution >= 0.6 is 12.4 Å². The molecule has 0 spiro atoms. The van der Waals surface area contributed by atoms with E-state index in [4.69, 9.17) is 0 Å². The summed E-state index contributed by atoms with van der Waals surface area (Å²) in [6.07, 6.45) is 6.18. The number of fused-ring (bicyclic) bond motifs is 2. The van der Waals surface area contributed by atoms with E-state index in [-0.39, 0.29) is 12.4 Å². The Kier molecular flexibility index (Phi) is 3.40. The molecule has 1 aliphatic heterocycles. The minimum atomic E-state index is 0. The zero-order valence-electron chi connectivity index (χ0n) is 9.21. The molecule has 0 unspecified atom stereocenters. The molecule has 0 bridgehead atoms. The average molecular weight is 242 g/mol. The standard InChI is InChI=1S/C15H11N.ClH/c1-2-7-14-11-16-15-8-4-3-6-13(15)10-9-12(14)5-1;/h1-11H;1H/b10-9?,12-9-,13-10-,14-11-,16-11?,16-15-;. The largest absolute Gasteiger partial charge is 0.256 e. The molecule has 2 aromatic carbocycles. The van der Waals surface area contributed by atoms with Gasteiger partial charge in [0, 0.05) is 11.4 Å². The monoisotopic (exact) mass is 241 g/mol. The summed E-state index contributed by atoms with van der Waals surface area (Å²) in [5.74, 6) is 0. The topological polar surface area (TPSA) is 12.4 Å². The first kappa shape index (κ1) is 11.6. The van der Waals surface area contributed by atoms with E-state index in [2.05, 4.69) is 35.3 Å². The van der Waals surface area contributed by atoms with Gasteiger partial charge in [0.15, 0.2) is 0 Å². The highest BCUT2D eigenvalue weighted by atomic mass is 35.5. The predicted molar refractivity (Wildman–Crippen MR) is 73.6 cm³/mol. The normalized spacial score (nSPS) is 19.8. The van der Waals surface area contributed by atoms with Crippen molar-refractivity contribution < 1.29 is 0 Å². The maximum absolute atomic E-state index is 4.51. The van der Waals surface area contributed by atoms with E-state index in [0.717, 1.165) is 15.8 Å². The maximum Gasteiger partial charge on any atom is 0.0702 e. The van der Waals surface area contributed by atoms with Crippen LogP contribution in [-0.2, 0) is 0 Å². The zero-order chi connectivity index (χ0) is 10.8. The van der Waals surface area contributed by atoms with Crippen LogP contribution in [0.3, 0.4) is 0 Å². The van der Waals surface area contributed by atoms with Crippen LogP contribution in [-0.4, -0.2) is 0 Å². The van der Waals surface area contributed by atoms with E-state index in [1.807, 2.05) is 36.5 Å². The fraction of sp³-hybridized carbons (Fsp3) is 0. The Morgan fingerprint density at radius 2 is 1.24 bits per heavy atom. The van der Waals surface area contributed by atoms with Crippen molar-refractivity contribution in [2.24, 2.45) is 4.99 Å². The third-order valence-electron chi connectivity index (χ3n) is 2.72. The van der Waals surface area contributed by atoms with Crippen LogP contribution in [0.5, 0.6) is 0 Å². The molecule has 0 aromatic heterocycles. The van der Waals surface area contributed by atoms with E-state index in [1.165, 1.54) is 5.22 Å². The van der Waals surface area contributed by atoms with Crippen LogP contribution in [0.25, 0.3) is 18.4 Å². The predicted octanol–water partition coefficient (Wildman–Crippen LogP) is 0.741. The fourth-order valence-corrected chi connectivity index (χ4v) is 1.84. The molecule has 0 amide bonds. The number of para-hydroxylation sites is 1. The molecule has 0 radical (unpaired) electrons. The Balaban J connectivity index is 0.00000108. The van der Waals surface area contributed by atoms with Crippen molar-refractivity contribution in [3.8, 4) is 0 Å². The van der Waals surface area contributed by atoms with Gasteiger partial charge in [0.1, 0.15) is 0 Å². The molecule has 17 heavy (non-hydrogen) atoms. The van der Waals surface area contributed by atoms with Crippen LogP contribution in [0, 0.1) is 0 Å². The Labute approximate surface area is 106 Å². The van der Waals surface area contributed by atoms with Crippen molar-refractivity contribution in [1.29, 1.82) is 0 Å². The third kappa shape index (κ3) is 2.29. The smallest absolute Gasteiger partial charge is 0.0702 e. The quantitative estimate of drug-likeness (QED) is 0.645. The highest BCUT2D eigenvalue weighted by Crippen LogP contribution is 1.79. The highest BCUT2D eigenvalue weighted by Gasteiger charge is 1.88. The second-order valence-corrected chi connectivity index (χ2v) is 3.78. The van der Waals surface area contributed by atoms with E-state index in [1.54, 1.807) is 0 Å². The van der Waals surface area contributed by atoms with Crippen molar-refractivity contribution in [3.63, 3.8) is 0 Å². The van der Waals surface area contributed by atoms with Gasteiger partial charge in [-0.1, -0.05) is 54.6 Å². The first-order valence-electron chi connectivity index (χ1n) is 5.34. The minimum absolute atomic E-state index is 0. The number of benzene rings is 2. The second-order valence-electron chi connectivity index (χ2n) is 3.78. The van der Waals surface area contributed by atoms with Gasteiger partial charge >= 0.3 is 0 Å². The summed E-state index contributed by atoms with van der Waals surface area (Å²) >= 11 is 0. The lowest BCUT2D eigenvalue weighted by atomic mass is 10.2. The molecule has 2 aromatic rings. The Hall–Kier alpha value is -1.86. The van der Waals surface area contributed by atoms with Crippen molar-refractivity contribution in [2.75, 3.05) is 0 Å². The van der Waals surface area contributed by atoms with Gasteiger partial charge in [-0.05, 0) is 16.5 Å². The van der Waals surface area contributed by atoms with Gasteiger partial charge in [0.25, 0.3) is 0 Å². The molecular formula is C15H12ClN. The molecular weight excluding hydrogens is 230 g/mol. The highest BCUT2D eigenvalue weighted by molar-refractivity contribution is 5.85. The summed E-state index contributed by atoms with van der Waals surface area (Å²) < 4.78 is 0. The summed E-state index contributed by atoms with van der Waals surface area (Å²) in [4.78, 5) is 4.51. The molecule has 1 nitrogen and oxygen atoms in total. The number of halogens is 1. The van der Waals surface area contributed by atoms with Crippen molar-refractivity contribution in [1.82, 2.24) is 0 Å². The number of hydrogen-bond acceptors (Lipinski definition) is 1. The summed E-state index contributed by atoms with van der Waals surface area (Å²) in [7, 11) is 0. The van der Waals surface area contributed by atoms with Gasteiger partial charge in [-0.3, -0.25) is 4.99 Å². The van der Waals surface area contributed by atoms with Crippen LogP contribution in [0.2, 0.25) is 0 Å². The van der Waals surface area contributed by atoms with Crippen LogP contribution in [0.4, 0.5) is 0 Å². The van der Waals surface area contributed by atoms with Crippen LogP contribution < -0.4 is 21.0 Å². The molecule has 0 aliphatic carbocycles. The lowest BCUT2D eigenvalue weighted by Gasteiger charge is -1.93. The van der Waals surface area contributed by atoms with Gasteiger partial charge in [0.2, 0.25) is 0 Å². The second kappa shape index (κ2) is 4.98. The Morgan fingerprint density at radius 1 is 0.647 bits per heavy atom. The minimum Gasteiger partial charge on any atom is -0.256 e. The first-order chi connectivity index (χ1) is 7.93. The van der Waals surface area contributed by atoms with Crippen molar-refractivity contribution >= 4 is 30.8 Å². The fourth-order valence-electron chi connectivity index (χ4n) is 1.84. The SMILES string of the molecule is C1=c2/cccc/c2=C/N=c2/cccc/c2=C/1.Cl. The molecule has 0 N–H and O–H groups in total. The van der Waals surface area contributed by atoms with Gasteiger partial charge in [-0.15, -0.1) is 12.4 Å². The molecule has 1 heterocycles. The van der Waals surface area contributed by atoms with Crippen molar-refractivity contribution in [2.45, 2.75) is 0 Å². The molecule has 0 fully saturated rings. The van der Waals surface area contributed by atoms with Gasteiger partial charge < -0.3 is 0 Å². The van der Waals surface area contributed by atoms with Crippen molar-refractivity contribution in [3.05, 3.63) is 69.5 Å². The number of rotatable bonds is 0. The molecule has 3 rings (SSSR count). The molecule has 2 heteroatoms. The molecule has 0 saturated carbocycles. The number of hydrogen-bond donors (Lipinski definition) is 0. The average Bonchev–Trinajstić information content (AvgIpc) is 2.32. The van der Waals surface area contributed by atoms with Gasteiger partial charge in [-0.2, -0.15) is 0 Å². The third-order valence-corrected chi connectivity index (χ3v) is 2.72. The molecule has 1 aliphatic rings. The van der Waals surface area contributed by atoms with E-state index in [0.29, 0.717) is 0 Å². The summed E-state index contributed by atoms with van der Waals surface area (Å²) in [6.45, 7) is 0. The summed E-state index contributed by atoms with van der Waals surface area (Å²) in [5.41, 5.74) is 0. The lowest BCUT2D eigenvalue weighted by Crippen LogP contribution is -2.29. The van der Waals surface area contributed by atoms with Gasteiger partial charge in [-0.25, -0.2) is 0 Å². The lowest BCUT2D eigenvalue weighted by molar-refractivity contribution is 1.33. The Morgan fingerprint density at radius 3 is 2.06 bits per heavy atom. The van der Waals surface area contributed by atoms with E-state index < -0.39 is 0 Å².